The molecule has 0 saturated carbocycles. The van der Waals surface area contributed by atoms with E-state index in [9.17, 15) is 61.5 Å². The molecule has 0 saturated heterocycles. The molecule has 40 heteroatoms. The van der Waals surface area contributed by atoms with Crippen LogP contribution < -0.4 is 38.3 Å². The van der Waals surface area contributed by atoms with Crippen LogP contribution in [0.3, 0.4) is 0 Å². The number of nitrogens with two attached hydrogens (primary N) is 1. The molecular formula is C98H104Cl3F2N17O16S2. The fourth-order valence-corrected chi connectivity index (χ4v) is 15.7. The summed E-state index contributed by atoms with van der Waals surface area (Å²) in [4.78, 5) is 154. The Balaban J connectivity index is 0.000000186. The van der Waals surface area contributed by atoms with Crippen molar-refractivity contribution in [3.63, 3.8) is 0 Å². The Bertz CT molecular complexity index is 6460. The standard InChI is InChI=1S/C25H18F2N4O2S.C17H19N3O2S.C16H20N4O4.C15H18N2O3.C10H6Cl3NO.C9H7NO2.C5H12N2O2.CH4/c26-19-7-5-15(13-20(19)27)14-31-12-2-4-18(25(31)33)22(32)9-10-23-29-30-24(34-23)17-6-8-21-16(17)3-1-11-28-21;1-17(2,3)22-15(21)9-8-14-19-20-16(23-14)12-6-7-13-11(12)5-4-10-18-13;1-16(2,3)24-15(23)18-9-13(21)19-20-14(22)11-6-7-12-10(11)5-4-8-17-12;1-15(2,3)20-13(18)9-17-14(19)11-6-7-12-10(11)5-4-8-16-12;11-10(12,13)9(15)7-3-4-8-6(7)2-1-5-14-8;11-9(12)7-3-4-8-6(7)2-1-5-10-8;1-5(2,3)9-4(8)7-6;/h1-7,11-13H,8-10,14H2;4-6,10H,7-9H2,1-3H3;4-6,8H,7,9H2,1-3H3,(H,18,23)(H,19,21)(H,20,22);4-6,8H,7,9H2,1-3H3,(H,17,19);1-3,5H,4H2;1-3,5H,4H2,(H,11,12);6H2,1-3H3,(H,7,8);1H4. The summed E-state index contributed by atoms with van der Waals surface area (Å²) in [5.74, 6) is -0.803. The average Bonchev–Trinajstić information content (AvgIpc) is 1.63. The highest BCUT2D eigenvalue weighted by molar-refractivity contribution is 7.12. The summed E-state index contributed by atoms with van der Waals surface area (Å²) >= 11 is 19.6. The van der Waals surface area contributed by atoms with Crippen LogP contribution in [0.2, 0.25) is 0 Å². The maximum atomic E-state index is 13.5. The molecule has 0 fully saturated rings. The number of Topliss-reactive ketones (excluding diaryl/α,β-unsaturated/α-hetero) is 2. The molecule has 724 valence electrons. The number of aliphatic carboxylic acids is 1. The number of benzene rings is 1. The minimum absolute atomic E-state index is 0. The summed E-state index contributed by atoms with van der Waals surface area (Å²) in [5.41, 5.74) is 19.0. The molecule has 8 N–H and O–H groups in total. The van der Waals surface area contributed by atoms with Gasteiger partial charge in [-0.05, 0) is 149 Å². The summed E-state index contributed by atoms with van der Waals surface area (Å²) < 4.78 is 46.2. The van der Waals surface area contributed by atoms with Gasteiger partial charge in [0.25, 0.3) is 27.1 Å². The van der Waals surface area contributed by atoms with E-state index < -0.39 is 85.1 Å². The van der Waals surface area contributed by atoms with Gasteiger partial charge >= 0.3 is 30.1 Å². The number of aromatic nitrogens is 11. The van der Waals surface area contributed by atoms with Crippen LogP contribution in [0.1, 0.15) is 207 Å². The number of carbonyl (C=O) groups is 10. The molecular weight excluding hydrogens is 1880 g/mol. The summed E-state index contributed by atoms with van der Waals surface area (Å²) in [5, 5.41) is 33.8. The Morgan fingerprint density at radius 1 is 0.457 bits per heavy atom. The van der Waals surface area contributed by atoms with Crippen molar-refractivity contribution in [1.29, 1.82) is 0 Å². The SMILES string of the molecule is C.CC(C)(C)OC(=O)CCc1nnc(C2=CCc3ncccc32)s1.CC(C)(C)OC(=O)CNC(=O)C1=CCc2ncccc21.CC(C)(C)OC(=O)NCC(=O)NNC(=O)C1=CCc2ncccc21.CC(C)(C)OC(=O)NN.O=C(C1=CCc2ncccc21)C(Cl)(Cl)Cl.O=C(CCc1nnc(C2=CCc3ncccc32)s1)c1cccn(Cc2ccc(F)c(F)c2)c1=O.O=C(O)C1=CCc2ncccc21. The molecule has 9 aromatic heterocycles. The number of allylic oxidation sites excluding steroid dienone is 7. The monoisotopic (exact) mass is 1980 g/mol. The lowest BCUT2D eigenvalue weighted by Gasteiger charge is -2.19. The predicted octanol–water partition coefficient (Wildman–Crippen LogP) is 14.7. The second kappa shape index (κ2) is 48.7. The molecule has 10 aromatic rings. The second-order valence-electron chi connectivity index (χ2n) is 34.4. The lowest BCUT2D eigenvalue weighted by atomic mass is 10.1. The minimum atomic E-state index is -1.90. The Morgan fingerprint density at radius 3 is 1.30 bits per heavy atom. The zero-order chi connectivity index (χ0) is 99.7. The van der Waals surface area contributed by atoms with E-state index in [4.69, 9.17) is 64.7 Å². The van der Waals surface area contributed by atoms with Crippen molar-refractivity contribution >= 4 is 150 Å². The molecule has 16 rings (SSSR count). The number of alkyl carbamates (subject to hydrolysis) is 1. The number of esters is 2. The first-order chi connectivity index (χ1) is 64.8. The number of amides is 5. The van der Waals surface area contributed by atoms with Gasteiger partial charge in [0.1, 0.15) is 55.5 Å². The van der Waals surface area contributed by atoms with Crippen LogP contribution in [0.5, 0.6) is 0 Å². The molecule has 0 unspecified atom stereocenters. The molecule has 9 heterocycles. The van der Waals surface area contributed by atoms with Crippen molar-refractivity contribution in [2.24, 2.45) is 5.84 Å². The average molecular weight is 1980 g/mol. The molecule has 0 radical (unpaired) electrons. The van der Waals surface area contributed by atoms with E-state index >= 15 is 0 Å². The van der Waals surface area contributed by atoms with Crippen LogP contribution in [-0.2, 0) is 110 Å². The number of hydrogen-bond donors (Lipinski definition) is 7. The van der Waals surface area contributed by atoms with E-state index in [-0.39, 0.29) is 56.7 Å². The van der Waals surface area contributed by atoms with Crippen molar-refractivity contribution in [2.45, 2.75) is 187 Å². The number of halogens is 5. The number of ketones is 2. The van der Waals surface area contributed by atoms with Crippen molar-refractivity contribution in [1.82, 2.24) is 81.8 Å². The molecule has 0 atom stereocenters. The topological polar surface area (TPSA) is 465 Å². The summed E-state index contributed by atoms with van der Waals surface area (Å²) in [6.45, 7) is 21.0. The van der Waals surface area contributed by atoms with Crippen molar-refractivity contribution in [2.75, 3.05) is 13.1 Å². The van der Waals surface area contributed by atoms with Crippen LogP contribution in [0.25, 0.3) is 33.4 Å². The normalized spacial score (nSPS) is 13.0. The number of rotatable bonds is 19. The third kappa shape index (κ3) is 32.1. The number of carbonyl (C=O) groups excluding carboxylic acids is 9. The number of alkyl halides is 3. The van der Waals surface area contributed by atoms with Gasteiger partial charge in [0, 0.05) is 162 Å². The highest BCUT2D eigenvalue weighted by Crippen LogP contribution is 2.39. The van der Waals surface area contributed by atoms with E-state index in [2.05, 4.69) is 90.0 Å². The third-order valence-electron chi connectivity index (χ3n) is 19.3. The van der Waals surface area contributed by atoms with Crippen molar-refractivity contribution < 1.29 is 80.8 Å². The molecule has 33 nitrogen and oxygen atoms in total. The van der Waals surface area contributed by atoms with E-state index in [0.717, 1.165) is 119 Å². The van der Waals surface area contributed by atoms with Crippen LogP contribution in [0, 0.1) is 11.6 Å². The number of pyridine rings is 7. The van der Waals surface area contributed by atoms with Gasteiger partial charge < -0.3 is 39.3 Å². The highest BCUT2D eigenvalue weighted by Gasteiger charge is 2.37. The quantitative estimate of drug-likeness (QED) is 0.00752. The van der Waals surface area contributed by atoms with Gasteiger partial charge in [-0.1, -0.05) is 144 Å². The number of fused-ring (bicyclic) bond motifs is 6. The number of hydrogen-bond acceptors (Lipinski definition) is 28. The number of hydrazine groups is 2. The van der Waals surface area contributed by atoms with E-state index in [1.54, 1.807) is 160 Å². The summed E-state index contributed by atoms with van der Waals surface area (Å²) in [6.07, 6.45) is 27.1. The van der Waals surface area contributed by atoms with Gasteiger partial charge in [-0.3, -0.25) is 84.5 Å². The van der Waals surface area contributed by atoms with Gasteiger partial charge in [0.15, 0.2) is 17.4 Å². The number of nitrogens with one attached hydrogen (secondary N) is 5. The predicted molar refractivity (Wildman–Crippen MR) is 519 cm³/mol. The largest absolute Gasteiger partial charge is 0.478 e. The molecule has 0 spiro atoms. The zero-order valence-electron chi connectivity index (χ0n) is 76.8. The van der Waals surface area contributed by atoms with Gasteiger partial charge in [0.05, 0.1) is 58.3 Å². The van der Waals surface area contributed by atoms with Gasteiger partial charge in [-0.25, -0.2) is 29.0 Å². The van der Waals surface area contributed by atoms with E-state index in [1.807, 2.05) is 62.7 Å². The second-order valence-corrected chi connectivity index (χ2v) is 38.8. The van der Waals surface area contributed by atoms with Crippen molar-refractivity contribution in [3.05, 3.63) is 304 Å². The molecule has 6 aliphatic rings. The number of ether oxygens (including phenoxy) is 4. The molecule has 5 amide bonds. The molecule has 0 bridgehead atoms. The summed E-state index contributed by atoms with van der Waals surface area (Å²) in [6, 6.07) is 28.7. The first kappa shape index (κ1) is 108. The number of nitrogens with zero attached hydrogens (tertiary/aromatic N) is 11. The third-order valence-corrected chi connectivity index (χ3v) is 21.9. The number of aryl methyl sites for hydroxylation is 2. The van der Waals surface area contributed by atoms with Gasteiger partial charge in [-0.15, -0.1) is 20.4 Å². The molecule has 1 aromatic carbocycles. The Hall–Kier alpha value is -14.0. The first-order valence-electron chi connectivity index (χ1n) is 42.8. The smallest absolute Gasteiger partial charge is 0.421 e. The van der Waals surface area contributed by atoms with Crippen LogP contribution in [0.4, 0.5) is 18.4 Å². The van der Waals surface area contributed by atoms with Gasteiger partial charge in [0.2, 0.25) is 5.78 Å². The first-order valence-corrected chi connectivity index (χ1v) is 45.6. The molecule has 6 aliphatic carbocycles. The Labute approximate surface area is 817 Å². The maximum absolute atomic E-state index is 13.5. The Kier molecular flexibility index (Phi) is 38.0. The lowest BCUT2D eigenvalue weighted by molar-refractivity contribution is -0.155. The van der Waals surface area contributed by atoms with Crippen LogP contribution >= 0.6 is 57.5 Å². The molecule has 0 aliphatic heterocycles. The molecule has 138 heavy (non-hydrogen) atoms. The Morgan fingerprint density at radius 2 is 0.862 bits per heavy atom. The minimum Gasteiger partial charge on any atom is -0.478 e. The van der Waals surface area contributed by atoms with Crippen LogP contribution in [-0.4, -0.2) is 159 Å². The fraction of sp³-hybridized carbons (Fsp3) is 0.316. The highest BCUT2D eigenvalue weighted by atomic mass is 35.6. The van der Waals surface area contributed by atoms with Gasteiger partial charge in [-0.2, -0.15) is 0 Å². The lowest BCUT2D eigenvalue weighted by Crippen LogP contribution is -2.47. The summed E-state index contributed by atoms with van der Waals surface area (Å²) in [7, 11) is 0. The fourth-order valence-electron chi connectivity index (χ4n) is 13.6. The zero-order valence-corrected chi connectivity index (χ0v) is 80.7. The van der Waals surface area contributed by atoms with Crippen LogP contribution in [0.15, 0.2) is 188 Å². The van der Waals surface area contributed by atoms with E-state index in [0.29, 0.717) is 77.8 Å². The van der Waals surface area contributed by atoms with E-state index in [1.165, 1.54) is 45.6 Å². The maximum Gasteiger partial charge on any atom is 0.421 e. The van der Waals surface area contributed by atoms with Crippen molar-refractivity contribution in [3.8, 4) is 0 Å². The number of carboxylic acids is 1. The number of carboxylic acid groups (broad SMARTS) is 1.